The number of benzene rings is 1. The van der Waals surface area contributed by atoms with Crippen molar-refractivity contribution in [2.75, 3.05) is 27.3 Å². The molecule has 2 aromatic rings. The molecule has 0 bridgehead atoms. The molecule has 128 valence electrons. The van der Waals surface area contributed by atoms with Gasteiger partial charge in [-0.05, 0) is 42.2 Å². The maximum absolute atomic E-state index is 11.1. The molecule has 1 aromatic heterocycles. The lowest BCUT2D eigenvalue weighted by molar-refractivity contribution is -0.0280. The molecule has 1 saturated heterocycles. The van der Waals surface area contributed by atoms with Crippen molar-refractivity contribution < 1.29 is 14.6 Å². The third-order valence-corrected chi connectivity index (χ3v) is 4.70. The van der Waals surface area contributed by atoms with Gasteiger partial charge in [0.2, 0.25) is 0 Å². The van der Waals surface area contributed by atoms with Gasteiger partial charge in [0, 0.05) is 38.1 Å². The maximum Gasteiger partial charge on any atom is 0.122 e. The average Bonchev–Trinajstić information content (AvgIpc) is 2.64. The first-order valence-electron chi connectivity index (χ1n) is 8.20. The Morgan fingerprint density at radius 2 is 1.79 bits per heavy atom. The van der Waals surface area contributed by atoms with Crippen molar-refractivity contribution in [3.05, 3.63) is 53.9 Å². The first-order chi connectivity index (χ1) is 11.6. The van der Waals surface area contributed by atoms with E-state index in [0.29, 0.717) is 24.3 Å². The predicted octanol–water partition coefficient (Wildman–Crippen LogP) is 2.58. The molecule has 1 aliphatic rings. The van der Waals surface area contributed by atoms with E-state index in [1.165, 1.54) is 5.56 Å². The second-order valence-corrected chi connectivity index (χ2v) is 6.27. The monoisotopic (exact) mass is 328 g/mol. The van der Waals surface area contributed by atoms with Crippen molar-refractivity contribution in [1.82, 2.24) is 9.88 Å². The zero-order valence-electron chi connectivity index (χ0n) is 14.2. The number of hydrogen-bond donors (Lipinski definition) is 1. The third-order valence-electron chi connectivity index (χ3n) is 4.70. The lowest BCUT2D eigenvalue weighted by Gasteiger charge is -2.38. The van der Waals surface area contributed by atoms with Crippen LogP contribution < -0.4 is 9.47 Å². The molecule has 2 heterocycles. The summed E-state index contributed by atoms with van der Waals surface area (Å²) in [7, 11) is 3.25. The van der Waals surface area contributed by atoms with Gasteiger partial charge in [0.15, 0.2) is 0 Å². The zero-order chi connectivity index (χ0) is 17.0. The highest BCUT2D eigenvalue weighted by atomic mass is 16.5. The first-order valence-corrected chi connectivity index (χ1v) is 8.20. The van der Waals surface area contributed by atoms with Gasteiger partial charge < -0.3 is 14.6 Å². The molecule has 0 atom stereocenters. The van der Waals surface area contributed by atoms with Gasteiger partial charge in [-0.15, -0.1) is 0 Å². The van der Waals surface area contributed by atoms with E-state index in [0.717, 1.165) is 25.2 Å². The highest BCUT2D eigenvalue weighted by Gasteiger charge is 2.34. The Balaban J connectivity index is 1.70. The van der Waals surface area contributed by atoms with Crippen LogP contribution in [0.5, 0.6) is 11.5 Å². The summed E-state index contributed by atoms with van der Waals surface area (Å²) in [6.07, 6.45) is 5.05. The summed E-state index contributed by atoms with van der Waals surface area (Å²) >= 11 is 0. The van der Waals surface area contributed by atoms with Gasteiger partial charge in [-0.3, -0.25) is 9.88 Å². The molecule has 0 amide bonds. The van der Waals surface area contributed by atoms with Crippen molar-refractivity contribution in [3.8, 4) is 11.5 Å². The maximum atomic E-state index is 11.1. The molecule has 1 aromatic carbocycles. The fraction of sp³-hybridized carbons (Fsp3) is 0.421. The number of hydrogen-bond acceptors (Lipinski definition) is 5. The van der Waals surface area contributed by atoms with Crippen LogP contribution in [-0.2, 0) is 12.1 Å². The normalized spacial score (nSPS) is 17.5. The van der Waals surface area contributed by atoms with Gasteiger partial charge in [0.25, 0.3) is 0 Å². The van der Waals surface area contributed by atoms with Crippen LogP contribution in [0, 0.1) is 0 Å². The van der Waals surface area contributed by atoms with E-state index in [1.54, 1.807) is 20.4 Å². The van der Waals surface area contributed by atoms with E-state index >= 15 is 0 Å². The van der Waals surface area contributed by atoms with Crippen LogP contribution in [0.3, 0.4) is 0 Å². The summed E-state index contributed by atoms with van der Waals surface area (Å²) in [5.41, 5.74) is 1.22. The largest absolute Gasteiger partial charge is 0.497 e. The minimum atomic E-state index is -0.840. The van der Waals surface area contributed by atoms with Crippen LogP contribution in [0.25, 0.3) is 0 Å². The second-order valence-electron chi connectivity index (χ2n) is 6.27. The molecular weight excluding hydrogens is 304 g/mol. The Morgan fingerprint density at radius 3 is 2.33 bits per heavy atom. The molecule has 1 N–H and O–H groups in total. The third kappa shape index (κ3) is 3.68. The fourth-order valence-electron chi connectivity index (χ4n) is 3.20. The van der Waals surface area contributed by atoms with Gasteiger partial charge in [0.1, 0.15) is 11.5 Å². The molecule has 0 unspecified atom stereocenters. The number of piperidine rings is 1. The number of methoxy groups -OCH3 is 2. The number of ether oxygens (including phenoxy) is 2. The molecule has 0 aliphatic carbocycles. The van der Waals surface area contributed by atoms with Crippen LogP contribution in [0.15, 0.2) is 42.7 Å². The van der Waals surface area contributed by atoms with Gasteiger partial charge >= 0.3 is 0 Å². The standard InChI is InChI=1S/C19H24N2O3/c1-23-17-10-16(11-18(12-17)24-2)19(22)5-8-21(9-6-19)14-15-4-3-7-20-13-15/h3-4,7,10-13,22H,5-6,8-9,14H2,1-2H3. The number of aliphatic hydroxyl groups is 1. The summed E-state index contributed by atoms with van der Waals surface area (Å²) in [6, 6.07) is 9.67. The Bertz CT molecular complexity index is 645. The van der Waals surface area contributed by atoms with E-state index in [-0.39, 0.29) is 0 Å². The van der Waals surface area contributed by atoms with Crippen LogP contribution in [0.2, 0.25) is 0 Å². The summed E-state index contributed by atoms with van der Waals surface area (Å²) in [5.74, 6) is 1.41. The fourth-order valence-corrected chi connectivity index (χ4v) is 3.20. The van der Waals surface area contributed by atoms with Crippen molar-refractivity contribution in [2.24, 2.45) is 0 Å². The van der Waals surface area contributed by atoms with Crippen LogP contribution in [0.4, 0.5) is 0 Å². The Labute approximate surface area is 142 Å². The smallest absolute Gasteiger partial charge is 0.122 e. The van der Waals surface area contributed by atoms with Gasteiger partial charge in [-0.25, -0.2) is 0 Å². The highest BCUT2D eigenvalue weighted by molar-refractivity contribution is 5.41. The second kappa shape index (κ2) is 7.20. The summed E-state index contributed by atoms with van der Waals surface area (Å²) in [6.45, 7) is 2.54. The van der Waals surface area contributed by atoms with Crippen LogP contribution in [0.1, 0.15) is 24.0 Å². The van der Waals surface area contributed by atoms with E-state index in [1.807, 2.05) is 30.5 Å². The minimum absolute atomic E-state index is 0.684. The molecule has 0 radical (unpaired) electrons. The summed E-state index contributed by atoms with van der Waals surface area (Å²) in [4.78, 5) is 6.51. The highest BCUT2D eigenvalue weighted by Crippen LogP contribution is 2.37. The number of rotatable bonds is 5. The number of nitrogens with zero attached hydrogens (tertiary/aromatic N) is 2. The van der Waals surface area contributed by atoms with Crippen molar-refractivity contribution in [1.29, 1.82) is 0 Å². The van der Waals surface area contributed by atoms with Crippen molar-refractivity contribution in [2.45, 2.75) is 25.0 Å². The van der Waals surface area contributed by atoms with E-state index in [2.05, 4.69) is 16.0 Å². The minimum Gasteiger partial charge on any atom is -0.497 e. The molecule has 0 spiro atoms. The summed E-state index contributed by atoms with van der Waals surface area (Å²) < 4.78 is 10.6. The molecule has 1 fully saturated rings. The Morgan fingerprint density at radius 1 is 1.12 bits per heavy atom. The molecule has 5 heteroatoms. The lowest BCUT2D eigenvalue weighted by atomic mass is 9.84. The van der Waals surface area contributed by atoms with Crippen molar-refractivity contribution >= 4 is 0 Å². The molecule has 5 nitrogen and oxygen atoms in total. The number of likely N-dealkylation sites (tertiary alicyclic amines) is 1. The lowest BCUT2D eigenvalue weighted by Crippen LogP contribution is -2.42. The SMILES string of the molecule is COc1cc(OC)cc(C2(O)CCN(Cc3cccnc3)CC2)c1. The van der Waals surface area contributed by atoms with Gasteiger partial charge in [0.05, 0.1) is 19.8 Å². The number of aromatic nitrogens is 1. The van der Waals surface area contributed by atoms with Crippen LogP contribution in [-0.4, -0.2) is 42.3 Å². The van der Waals surface area contributed by atoms with E-state index in [9.17, 15) is 5.11 Å². The zero-order valence-corrected chi connectivity index (χ0v) is 14.2. The topological polar surface area (TPSA) is 54.8 Å². The van der Waals surface area contributed by atoms with Gasteiger partial charge in [-0.2, -0.15) is 0 Å². The van der Waals surface area contributed by atoms with Crippen molar-refractivity contribution in [3.63, 3.8) is 0 Å². The molecule has 3 rings (SSSR count). The molecule has 0 saturated carbocycles. The van der Waals surface area contributed by atoms with Gasteiger partial charge in [-0.1, -0.05) is 6.07 Å². The summed E-state index contributed by atoms with van der Waals surface area (Å²) in [5, 5.41) is 11.1. The van der Waals surface area contributed by atoms with E-state index < -0.39 is 5.60 Å². The Kier molecular flexibility index (Phi) is 5.02. The first kappa shape index (κ1) is 16.7. The molecule has 1 aliphatic heterocycles. The predicted molar refractivity (Wildman–Crippen MR) is 92.2 cm³/mol. The Hall–Kier alpha value is -2.11. The van der Waals surface area contributed by atoms with Crippen LogP contribution >= 0.6 is 0 Å². The average molecular weight is 328 g/mol. The number of pyridine rings is 1. The molecular formula is C19H24N2O3. The van der Waals surface area contributed by atoms with E-state index in [4.69, 9.17) is 9.47 Å². The quantitative estimate of drug-likeness (QED) is 0.914. The molecule has 24 heavy (non-hydrogen) atoms.